The molecule has 0 atom stereocenters. The Labute approximate surface area is 147 Å². The van der Waals surface area contributed by atoms with Gasteiger partial charge in [-0.05, 0) is 57.7 Å². The van der Waals surface area contributed by atoms with Crippen LogP contribution >= 0.6 is 0 Å². The van der Waals surface area contributed by atoms with Gasteiger partial charge in [-0.25, -0.2) is 0 Å². The van der Waals surface area contributed by atoms with Gasteiger partial charge in [0, 0.05) is 12.2 Å². The first-order valence-corrected chi connectivity index (χ1v) is 8.28. The number of methoxy groups -OCH3 is 1. The number of hydrogen-bond donors (Lipinski definition) is 0. The van der Waals surface area contributed by atoms with E-state index in [9.17, 15) is 0 Å². The maximum Gasteiger partial charge on any atom is 0.343 e. The Bertz CT molecular complexity index is 935. The summed E-state index contributed by atoms with van der Waals surface area (Å²) in [6, 6.07) is 18.8. The molecule has 4 rings (SSSR count). The van der Waals surface area contributed by atoms with Crippen LogP contribution in [-0.2, 0) is 4.42 Å². The number of ketones is 1. The van der Waals surface area contributed by atoms with E-state index in [1.807, 2.05) is 30.4 Å². The Balaban J connectivity index is 1.79. The van der Waals surface area contributed by atoms with Crippen LogP contribution in [0.5, 0.6) is 5.75 Å². The van der Waals surface area contributed by atoms with Gasteiger partial charge in [0.25, 0.3) is 7.11 Å². The zero-order valence-corrected chi connectivity index (χ0v) is 14.3. The molecule has 0 heterocycles. The molecule has 0 N–H and O–H groups in total. The summed E-state index contributed by atoms with van der Waals surface area (Å²) in [6.07, 6.45) is 8.26. The van der Waals surface area contributed by atoms with Crippen LogP contribution in [0.25, 0.3) is 11.1 Å². The normalized spacial score (nSPS) is 15.7. The largest absolute Gasteiger partial charge is 0.497 e. The molecule has 2 aliphatic carbocycles. The predicted octanol–water partition coefficient (Wildman–Crippen LogP) is 4.78. The zero-order chi connectivity index (χ0) is 17.2. The first kappa shape index (κ1) is 15.4. The molecule has 2 aromatic carbocycles. The smallest absolute Gasteiger partial charge is 0.343 e. The van der Waals surface area contributed by atoms with Crippen molar-refractivity contribution in [2.75, 3.05) is 14.2 Å². The third-order valence-corrected chi connectivity index (χ3v) is 4.51. The lowest BCUT2D eigenvalue weighted by Gasteiger charge is -2.01. The van der Waals surface area contributed by atoms with Crippen LogP contribution in [0.3, 0.4) is 0 Å². The van der Waals surface area contributed by atoms with Gasteiger partial charge in [-0.2, -0.15) is 0 Å². The van der Waals surface area contributed by atoms with Crippen molar-refractivity contribution in [2.45, 2.75) is 0 Å². The van der Waals surface area contributed by atoms with Gasteiger partial charge >= 0.3 is 5.78 Å². The van der Waals surface area contributed by atoms with E-state index in [4.69, 9.17) is 9.16 Å². The molecule has 2 aliphatic rings. The van der Waals surface area contributed by atoms with Crippen LogP contribution < -0.4 is 4.74 Å². The number of hydrogen-bond acceptors (Lipinski definition) is 1. The standard InChI is InChI=1S/C23H19O2/c1-24-19-12-8-17(9-13-19)22-21(16-6-4-3-5-7-16)23(22)18-10-14-20(25-2)15-11-18/h3-15H,1-2H3/q+1. The van der Waals surface area contributed by atoms with E-state index in [1.165, 1.54) is 33.4 Å². The van der Waals surface area contributed by atoms with Crippen LogP contribution in [-0.4, -0.2) is 20.0 Å². The van der Waals surface area contributed by atoms with E-state index in [-0.39, 0.29) is 0 Å². The van der Waals surface area contributed by atoms with Crippen LogP contribution in [0, 0.1) is 0 Å². The van der Waals surface area contributed by atoms with E-state index >= 15 is 0 Å². The van der Waals surface area contributed by atoms with Crippen LogP contribution in [0.4, 0.5) is 0 Å². The van der Waals surface area contributed by atoms with Crippen molar-refractivity contribution >= 4 is 16.9 Å². The van der Waals surface area contributed by atoms with E-state index in [2.05, 4.69) is 48.6 Å². The predicted molar refractivity (Wildman–Crippen MR) is 102 cm³/mol. The number of ether oxygens (including phenoxy) is 1. The van der Waals surface area contributed by atoms with E-state index < -0.39 is 0 Å². The molecule has 0 amide bonds. The van der Waals surface area contributed by atoms with Crippen LogP contribution in [0.1, 0.15) is 11.1 Å². The minimum atomic E-state index is 0.872. The Morgan fingerprint density at radius 2 is 1.28 bits per heavy atom. The Hall–Kier alpha value is -3.13. The van der Waals surface area contributed by atoms with Gasteiger partial charge in [0.1, 0.15) is 5.75 Å². The molecule has 0 unspecified atom stereocenters. The highest BCUT2D eigenvalue weighted by molar-refractivity contribution is 6.27. The molecule has 2 nitrogen and oxygen atoms in total. The molecule has 0 radical (unpaired) electrons. The van der Waals surface area contributed by atoms with Gasteiger partial charge < -0.3 is 4.74 Å². The molecular weight excluding hydrogens is 308 g/mol. The quantitative estimate of drug-likeness (QED) is 0.743. The number of benzene rings is 2. The number of allylic oxidation sites excluding steroid dienone is 8. The van der Waals surface area contributed by atoms with Gasteiger partial charge in [0.05, 0.1) is 7.11 Å². The summed E-state index contributed by atoms with van der Waals surface area (Å²) < 4.78 is 10.6. The van der Waals surface area contributed by atoms with Gasteiger partial charge in [0.2, 0.25) is 0 Å². The first-order chi connectivity index (χ1) is 12.3. The highest BCUT2D eigenvalue weighted by atomic mass is 16.5. The Kier molecular flexibility index (Phi) is 3.95. The summed E-state index contributed by atoms with van der Waals surface area (Å²) in [7, 11) is 3.38. The van der Waals surface area contributed by atoms with Crippen molar-refractivity contribution in [3.8, 4) is 5.75 Å². The van der Waals surface area contributed by atoms with Crippen molar-refractivity contribution in [3.63, 3.8) is 0 Å². The zero-order valence-electron chi connectivity index (χ0n) is 14.3. The average molecular weight is 327 g/mol. The second-order valence-electron chi connectivity index (χ2n) is 5.95. The fraction of sp³-hybridized carbons (Fsp3) is 0.0870. The Morgan fingerprint density at radius 1 is 0.680 bits per heavy atom. The first-order valence-electron chi connectivity index (χ1n) is 8.28. The van der Waals surface area contributed by atoms with E-state index in [1.54, 1.807) is 14.2 Å². The van der Waals surface area contributed by atoms with Crippen molar-refractivity contribution < 1.29 is 9.16 Å². The molecule has 2 aromatic rings. The molecule has 2 heteroatoms. The molecule has 25 heavy (non-hydrogen) atoms. The maximum absolute atomic E-state index is 5.28. The SMILES string of the molecule is COc1ccc(C2=C(c3ccccc3)C2=C2C=CC(=[O+]C)C=C2)cc1. The second kappa shape index (κ2) is 6.40. The third kappa shape index (κ3) is 2.87. The lowest BCUT2D eigenvalue weighted by molar-refractivity contribution is -0.417. The summed E-state index contributed by atoms with van der Waals surface area (Å²) >= 11 is 0. The highest BCUT2D eigenvalue weighted by Gasteiger charge is 2.34. The van der Waals surface area contributed by atoms with Crippen molar-refractivity contribution in [1.82, 2.24) is 0 Å². The van der Waals surface area contributed by atoms with Gasteiger partial charge in [0.15, 0.2) is 0 Å². The maximum atomic E-state index is 5.28. The van der Waals surface area contributed by atoms with Gasteiger partial charge in [-0.1, -0.05) is 42.5 Å². The lowest BCUT2D eigenvalue weighted by atomic mass is 10.0. The summed E-state index contributed by atoms with van der Waals surface area (Å²) in [5, 5.41) is 0. The molecule has 0 aromatic heterocycles. The monoisotopic (exact) mass is 327 g/mol. The van der Waals surface area contributed by atoms with Gasteiger partial charge in [-0.15, -0.1) is 0 Å². The summed E-state index contributed by atoms with van der Waals surface area (Å²) in [5.41, 5.74) is 7.60. The molecule has 0 saturated carbocycles. The summed E-state index contributed by atoms with van der Waals surface area (Å²) in [5.74, 6) is 1.74. The Morgan fingerprint density at radius 3 is 1.84 bits per heavy atom. The molecule has 0 bridgehead atoms. The van der Waals surface area contributed by atoms with Crippen LogP contribution in [0.15, 0.2) is 90.0 Å². The fourth-order valence-corrected chi connectivity index (χ4v) is 3.17. The summed E-state index contributed by atoms with van der Waals surface area (Å²) in [6.45, 7) is 0. The topological polar surface area (TPSA) is 20.5 Å². The molecule has 0 aliphatic heterocycles. The minimum absolute atomic E-state index is 0.872. The van der Waals surface area contributed by atoms with Crippen LogP contribution in [0.2, 0.25) is 0 Å². The van der Waals surface area contributed by atoms with Crippen molar-refractivity contribution in [2.24, 2.45) is 0 Å². The molecule has 0 spiro atoms. The third-order valence-electron chi connectivity index (χ3n) is 4.51. The highest BCUT2D eigenvalue weighted by Crippen LogP contribution is 2.54. The average Bonchev–Trinajstić information content (AvgIpc) is 3.44. The second-order valence-corrected chi connectivity index (χ2v) is 5.95. The van der Waals surface area contributed by atoms with Crippen molar-refractivity contribution in [1.29, 1.82) is 0 Å². The molecule has 0 saturated heterocycles. The number of rotatable bonds is 3. The number of carbonyl (C=O) groups excluding carboxylic acids is 1. The minimum Gasteiger partial charge on any atom is -0.497 e. The van der Waals surface area contributed by atoms with E-state index in [0.29, 0.717) is 0 Å². The lowest BCUT2D eigenvalue weighted by Crippen LogP contribution is -1.96. The van der Waals surface area contributed by atoms with Gasteiger partial charge in [-0.3, -0.25) is 4.42 Å². The fourth-order valence-electron chi connectivity index (χ4n) is 3.17. The van der Waals surface area contributed by atoms with Crippen molar-refractivity contribution in [3.05, 3.63) is 101 Å². The van der Waals surface area contributed by atoms with E-state index in [0.717, 1.165) is 11.5 Å². The molecular formula is C23H19O2+. The molecule has 122 valence electrons. The molecule has 0 fully saturated rings. The summed E-state index contributed by atoms with van der Waals surface area (Å²) in [4.78, 5) is 0.